The molecule has 5 nitrogen and oxygen atoms in total. The van der Waals surface area contributed by atoms with E-state index in [0.717, 1.165) is 0 Å². The van der Waals surface area contributed by atoms with Gasteiger partial charge in [0.15, 0.2) is 17.5 Å². The maximum atomic E-state index is 12.4. The molecular weight excluding hydrogens is 246 g/mol. The third kappa shape index (κ3) is 2.65. The summed E-state index contributed by atoms with van der Waals surface area (Å²) in [6, 6.07) is 6.65. The van der Waals surface area contributed by atoms with Crippen molar-refractivity contribution >= 4 is 17.5 Å². The van der Waals surface area contributed by atoms with Crippen LogP contribution in [0, 0.1) is 5.92 Å². The Morgan fingerprint density at radius 3 is 2.79 bits per heavy atom. The highest BCUT2D eigenvalue weighted by Crippen LogP contribution is 2.23. The molecule has 0 radical (unpaired) electrons. The third-order valence-electron chi connectivity index (χ3n) is 2.97. The normalized spacial score (nSPS) is 18.9. The molecule has 1 amide bonds. The molecule has 1 heterocycles. The molecule has 1 aliphatic heterocycles. The van der Waals surface area contributed by atoms with Gasteiger partial charge in [0.05, 0.1) is 12.2 Å². The van der Waals surface area contributed by atoms with E-state index < -0.39 is 17.6 Å². The second-order valence-electron chi connectivity index (χ2n) is 4.23. The van der Waals surface area contributed by atoms with Crippen molar-refractivity contribution < 1.29 is 19.1 Å². The Bertz CT molecular complexity index is 508. The molecule has 5 heteroatoms. The molecule has 1 aromatic rings. The maximum absolute atomic E-state index is 12.4. The Hall–Kier alpha value is -2.17. The van der Waals surface area contributed by atoms with Gasteiger partial charge in [-0.05, 0) is 19.1 Å². The molecule has 1 N–H and O–H groups in total. The van der Waals surface area contributed by atoms with E-state index in [1.54, 1.807) is 31.2 Å². The number of carbonyl (C=O) groups excluding carboxylic acids is 3. The van der Waals surface area contributed by atoms with Crippen LogP contribution in [0.2, 0.25) is 0 Å². The second kappa shape index (κ2) is 5.65. The molecule has 1 aliphatic rings. The summed E-state index contributed by atoms with van der Waals surface area (Å²) in [5, 5.41) is 2.54. The van der Waals surface area contributed by atoms with E-state index in [4.69, 9.17) is 4.74 Å². The van der Waals surface area contributed by atoms with Crippen LogP contribution < -0.4 is 10.1 Å². The molecule has 0 aliphatic carbocycles. The number of hydrogen-bond donors (Lipinski definition) is 1. The molecule has 1 saturated heterocycles. The van der Waals surface area contributed by atoms with Crippen LogP contribution in [-0.4, -0.2) is 30.6 Å². The predicted octanol–water partition coefficient (Wildman–Crippen LogP) is 0.973. The predicted molar refractivity (Wildman–Crippen MR) is 68.1 cm³/mol. The van der Waals surface area contributed by atoms with Gasteiger partial charge in [-0.15, -0.1) is 0 Å². The molecule has 19 heavy (non-hydrogen) atoms. The van der Waals surface area contributed by atoms with Crippen molar-refractivity contribution in [3.63, 3.8) is 0 Å². The Labute approximate surface area is 110 Å². The van der Waals surface area contributed by atoms with Gasteiger partial charge in [0.2, 0.25) is 5.91 Å². The highest BCUT2D eigenvalue weighted by molar-refractivity contribution is 6.25. The van der Waals surface area contributed by atoms with E-state index in [9.17, 15) is 14.4 Å². The molecule has 0 saturated carbocycles. The average Bonchev–Trinajstić information content (AvgIpc) is 2.39. The van der Waals surface area contributed by atoms with E-state index >= 15 is 0 Å². The van der Waals surface area contributed by atoms with Gasteiger partial charge in [0.25, 0.3) is 0 Å². The van der Waals surface area contributed by atoms with Crippen LogP contribution in [0.1, 0.15) is 23.7 Å². The summed E-state index contributed by atoms with van der Waals surface area (Å²) in [5.74, 6) is -2.18. The first-order chi connectivity index (χ1) is 9.15. The zero-order chi connectivity index (χ0) is 13.8. The van der Waals surface area contributed by atoms with Crippen molar-refractivity contribution in [3.05, 3.63) is 29.8 Å². The smallest absolute Gasteiger partial charge is 0.238 e. The van der Waals surface area contributed by atoms with Gasteiger partial charge in [-0.1, -0.05) is 12.1 Å². The van der Waals surface area contributed by atoms with Gasteiger partial charge in [0.1, 0.15) is 5.75 Å². The first-order valence-electron chi connectivity index (χ1n) is 6.21. The highest BCUT2D eigenvalue weighted by atomic mass is 16.5. The number of ether oxygens (including phenoxy) is 1. The number of hydrogen-bond acceptors (Lipinski definition) is 4. The van der Waals surface area contributed by atoms with Crippen LogP contribution in [0.15, 0.2) is 24.3 Å². The molecule has 0 spiro atoms. The zero-order valence-corrected chi connectivity index (χ0v) is 10.6. The number of piperidine rings is 1. The summed E-state index contributed by atoms with van der Waals surface area (Å²) >= 11 is 0. The molecule has 2 rings (SSSR count). The highest BCUT2D eigenvalue weighted by Gasteiger charge is 2.37. The van der Waals surface area contributed by atoms with Crippen LogP contribution in [0.5, 0.6) is 5.75 Å². The third-order valence-corrected chi connectivity index (χ3v) is 2.97. The van der Waals surface area contributed by atoms with E-state index in [2.05, 4.69) is 5.32 Å². The Balaban J connectivity index is 2.33. The first kappa shape index (κ1) is 13.3. The summed E-state index contributed by atoms with van der Waals surface area (Å²) < 4.78 is 5.36. The molecule has 1 aromatic carbocycles. The Kier molecular flexibility index (Phi) is 3.94. The number of rotatable bonds is 4. The van der Waals surface area contributed by atoms with Gasteiger partial charge in [-0.2, -0.15) is 0 Å². The monoisotopic (exact) mass is 261 g/mol. The summed E-state index contributed by atoms with van der Waals surface area (Å²) in [5.41, 5.74) is 0.278. The van der Waals surface area contributed by atoms with Gasteiger partial charge in [-0.25, -0.2) is 0 Å². The topological polar surface area (TPSA) is 72.5 Å². The number of para-hydroxylation sites is 1. The van der Waals surface area contributed by atoms with Crippen molar-refractivity contribution in [1.29, 1.82) is 0 Å². The average molecular weight is 261 g/mol. The van der Waals surface area contributed by atoms with Crippen LogP contribution in [-0.2, 0) is 9.59 Å². The van der Waals surface area contributed by atoms with Crippen molar-refractivity contribution in [3.8, 4) is 5.75 Å². The largest absolute Gasteiger partial charge is 0.493 e. The van der Waals surface area contributed by atoms with Crippen LogP contribution in [0.25, 0.3) is 0 Å². The molecule has 1 fully saturated rings. The minimum atomic E-state index is -1.24. The van der Waals surface area contributed by atoms with Crippen molar-refractivity contribution in [2.45, 2.75) is 13.3 Å². The van der Waals surface area contributed by atoms with Gasteiger partial charge >= 0.3 is 0 Å². The lowest BCUT2D eigenvalue weighted by Gasteiger charge is -2.20. The molecule has 100 valence electrons. The van der Waals surface area contributed by atoms with Crippen molar-refractivity contribution in [2.24, 2.45) is 5.92 Å². The number of Topliss-reactive ketones (excluding diaryl/α,β-unsaturated/α-hetero) is 2. The lowest BCUT2D eigenvalue weighted by molar-refractivity contribution is -0.134. The Morgan fingerprint density at radius 1 is 1.37 bits per heavy atom. The first-order valence-corrected chi connectivity index (χ1v) is 6.21. The van der Waals surface area contributed by atoms with E-state index in [-0.39, 0.29) is 17.8 Å². The van der Waals surface area contributed by atoms with Gasteiger partial charge < -0.3 is 10.1 Å². The van der Waals surface area contributed by atoms with E-state index in [1.807, 2.05) is 0 Å². The zero-order valence-electron chi connectivity index (χ0n) is 10.6. The number of ketones is 2. The number of benzene rings is 1. The summed E-state index contributed by atoms with van der Waals surface area (Å²) in [4.78, 5) is 35.8. The molecule has 0 aromatic heterocycles. The number of carbonyl (C=O) groups is 3. The fourth-order valence-corrected chi connectivity index (χ4v) is 2.07. The minimum Gasteiger partial charge on any atom is -0.493 e. The lowest BCUT2D eigenvalue weighted by atomic mass is 9.88. The van der Waals surface area contributed by atoms with Crippen molar-refractivity contribution in [1.82, 2.24) is 5.32 Å². The maximum Gasteiger partial charge on any atom is 0.238 e. The minimum absolute atomic E-state index is 0.193. The summed E-state index contributed by atoms with van der Waals surface area (Å²) in [6.45, 7) is 2.52. The van der Waals surface area contributed by atoms with E-state index in [0.29, 0.717) is 18.9 Å². The van der Waals surface area contributed by atoms with E-state index in [1.165, 1.54) is 0 Å². The van der Waals surface area contributed by atoms with Crippen LogP contribution in [0.4, 0.5) is 0 Å². The Morgan fingerprint density at radius 2 is 2.11 bits per heavy atom. The van der Waals surface area contributed by atoms with Gasteiger partial charge in [-0.3, -0.25) is 14.4 Å². The molecular formula is C14H15NO4. The summed E-state index contributed by atoms with van der Waals surface area (Å²) in [6.07, 6.45) is 0.193. The summed E-state index contributed by atoms with van der Waals surface area (Å²) in [7, 11) is 0. The lowest BCUT2D eigenvalue weighted by Crippen LogP contribution is -2.46. The standard InChI is InChI=1S/C14H15NO4/c1-2-19-11-6-4-3-5-9(11)13(17)12-10(16)7-8-15-14(12)18/h3-6,12H,2,7-8H2,1H3,(H,15,18). The fraction of sp³-hybridized carbons (Fsp3) is 0.357. The molecule has 1 unspecified atom stereocenters. The second-order valence-corrected chi connectivity index (χ2v) is 4.23. The van der Waals surface area contributed by atoms with Crippen LogP contribution >= 0.6 is 0 Å². The van der Waals surface area contributed by atoms with Crippen LogP contribution in [0.3, 0.4) is 0 Å². The quantitative estimate of drug-likeness (QED) is 0.647. The van der Waals surface area contributed by atoms with Crippen molar-refractivity contribution in [2.75, 3.05) is 13.2 Å². The number of nitrogens with one attached hydrogen (secondary N) is 1. The molecule has 0 bridgehead atoms. The van der Waals surface area contributed by atoms with Gasteiger partial charge in [0, 0.05) is 13.0 Å². The molecule has 1 atom stereocenters. The number of amides is 1. The SMILES string of the molecule is CCOc1ccccc1C(=O)C1C(=O)CCNC1=O. The fourth-order valence-electron chi connectivity index (χ4n) is 2.07.